The number of hydrogen-bond donors (Lipinski definition) is 1. The Labute approximate surface area is 127 Å². The first-order chi connectivity index (χ1) is 10.2. The minimum Gasteiger partial charge on any atom is -0.493 e. The van der Waals surface area contributed by atoms with Crippen molar-refractivity contribution < 1.29 is 14.2 Å². The number of ether oxygens (including phenoxy) is 3. The van der Waals surface area contributed by atoms with Gasteiger partial charge in [-0.2, -0.15) is 0 Å². The third kappa shape index (κ3) is 4.35. The molecule has 0 unspecified atom stereocenters. The fourth-order valence-electron chi connectivity index (χ4n) is 2.74. The van der Waals surface area contributed by atoms with Crippen molar-refractivity contribution >= 4 is 0 Å². The van der Waals surface area contributed by atoms with E-state index < -0.39 is 0 Å². The normalized spacial score (nSPS) is 17.5. The van der Waals surface area contributed by atoms with Gasteiger partial charge in [-0.05, 0) is 31.2 Å². The van der Waals surface area contributed by atoms with Gasteiger partial charge < -0.3 is 19.5 Å². The summed E-state index contributed by atoms with van der Waals surface area (Å²) >= 11 is 0. The highest BCUT2D eigenvalue weighted by atomic mass is 16.5. The summed E-state index contributed by atoms with van der Waals surface area (Å²) in [5.41, 5.74) is 1.47. The summed E-state index contributed by atoms with van der Waals surface area (Å²) in [7, 11) is 1.70. The molecule has 2 rings (SSSR count). The maximum atomic E-state index is 5.62. The van der Waals surface area contributed by atoms with Crippen LogP contribution < -0.4 is 14.8 Å². The van der Waals surface area contributed by atoms with Crippen LogP contribution in [0.4, 0.5) is 0 Å². The molecular formula is C17H27NO3. The molecule has 1 aromatic carbocycles. The average Bonchev–Trinajstić information content (AvgIpc) is 2.48. The molecule has 0 radical (unpaired) electrons. The molecule has 1 N–H and O–H groups in total. The Kier molecular flexibility index (Phi) is 5.88. The molecule has 0 amide bonds. The van der Waals surface area contributed by atoms with Crippen LogP contribution in [0.3, 0.4) is 0 Å². The molecule has 118 valence electrons. The predicted molar refractivity (Wildman–Crippen MR) is 84.0 cm³/mol. The SMILES string of the molecule is CCOc1cccc(CNCC2(C)CCOCC2)c1OC. The molecule has 0 aliphatic carbocycles. The molecule has 1 aliphatic rings. The Balaban J connectivity index is 1.94. The molecule has 1 heterocycles. The molecule has 0 aromatic heterocycles. The van der Waals surface area contributed by atoms with Crippen LogP contribution in [0.25, 0.3) is 0 Å². The molecule has 1 fully saturated rings. The predicted octanol–water partition coefficient (Wildman–Crippen LogP) is 3.00. The fourth-order valence-corrected chi connectivity index (χ4v) is 2.74. The summed E-state index contributed by atoms with van der Waals surface area (Å²) in [5.74, 6) is 1.65. The first kappa shape index (κ1) is 16.1. The van der Waals surface area contributed by atoms with Crippen molar-refractivity contribution in [3.8, 4) is 11.5 Å². The number of methoxy groups -OCH3 is 1. The highest BCUT2D eigenvalue weighted by molar-refractivity contribution is 5.46. The second-order valence-electron chi connectivity index (χ2n) is 5.91. The molecule has 21 heavy (non-hydrogen) atoms. The second kappa shape index (κ2) is 7.66. The molecule has 0 atom stereocenters. The molecule has 0 saturated carbocycles. The van der Waals surface area contributed by atoms with Crippen molar-refractivity contribution in [3.05, 3.63) is 23.8 Å². The van der Waals surface area contributed by atoms with Crippen LogP contribution in [0.15, 0.2) is 18.2 Å². The summed E-state index contributed by atoms with van der Waals surface area (Å²) in [4.78, 5) is 0. The Morgan fingerprint density at radius 1 is 1.29 bits per heavy atom. The number of nitrogens with one attached hydrogen (secondary N) is 1. The summed E-state index contributed by atoms with van der Waals surface area (Å²) < 4.78 is 16.6. The topological polar surface area (TPSA) is 39.7 Å². The van der Waals surface area contributed by atoms with Gasteiger partial charge >= 0.3 is 0 Å². The average molecular weight is 293 g/mol. The zero-order valence-corrected chi connectivity index (χ0v) is 13.4. The van der Waals surface area contributed by atoms with Crippen molar-refractivity contribution in [3.63, 3.8) is 0 Å². The molecule has 1 saturated heterocycles. The van der Waals surface area contributed by atoms with Gasteiger partial charge in [0.1, 0.15) is 0 Å². The summed E-state index contributed by atoms with van der Waals surface area (Å²) in [6.07, 6.45) is 2.24. The van der Waals surface area contributed by atoms with Gasteiger partial charge in [0.2, 0.25) is 0 Å². The van der Waals surface area contributed by atoms with Gasteiger partial charge in [-0.25, -0.2) is 0 Å². The van der Waals surface area contributed by atoms with Gasteiger partial charge in [0, 0.05) is 31.9 Å². The maximum absolute atomic E-state index is 5.62. The lowest BCUT2D eigenvalue weighted by molar-refractivity contribution is 0.0240. The summed E-state index contributed by atoms with van der Waals surface area (Å²) in [6, 6.07) is 6.05. The first-order valence-electron chi connectivity index (χ1n) is 7.75. The van der Waals surface area contributed by atoms with E-state index in [1.165, 1.54) is 0 Å². The van der Waals surface area contributed by atoms with E-state index in [2.05, 4.69) is 18.3 Å². The van der Waals surface area contributed by atoms with E-state index in [1.807, 2.05) is 19.1 Å². The van der Waals surface area contributed by atoms with Crippen LogP contribution in [-0.4, -0.2) is 33.5 Å². The minimum absolute atomic E-state index is 0.336. The fraction of sp³-hybridized carbons (Fsp3) is 0.647. The number of hydrogen-bond acceptors (Lipinski definition) is 4. The molecule has 0 bridgehead atoms. The van der Waals surface area contributed by atoms with Crippen molar-refractivity contribution in [2.24, 2.45) is 5.41 Å². The minimum atomic E-state index is 0.336. The lowest BCUT2D eigenvalue weighted by Gasteiger charge is -2.33. The van der Waals surface area contributed by atoms with Crippen LogP contribution in [0, 0.1) is 5.41 Å². The van der Waals surface area contributed by atoms with Crippen LogP contribution in [0.5, 0.6) is 11.5 Å². The first-order valence-corrected chi connectivity index (χ1v) is 7.75. The summed E-state index contributed by atoms with van der Waals surface area (Å²) in [5, 5.41) is 3.56. The third-order valence-corrected chi connectivity index (χ3v) is 4.13. The van der Waals surface area contributed by atoms with Crippen molar-refractivity contribution in [2.45, 2.75) is 33.2 Å². The maximum Gasteiger partial charge on any atom is 0.165 e. The summed E-state index contributed by atoms with van der Waals surface area (Å²) in [6.45, 7) is 8.50. The molecule has 4 heteroatoms. The van der Waals surface area contributed by atoms with Gasteiger partial charge in [0.15, 0.2) is 11.5 Å². The molecule has 0 spiro atoms. The number of para-hydroxylation sites is 1. The Bertz CT molecular complexity index is 442. The van der Waals surface area contributed by atoms with E-state index in [0.29, 0.717) is 12.0 Å². The highest BCUT2D eigenvalue weighted by Crippen LogP contribution is 2.32. The lowest BCUT2D eigenvalue weighted by Crippen LogP contribution is -2.36. The van der Waals surface area contributed by atoms with Crippen LogP contribution in [0.2, 0.25) is 0 Å². The molecular weight excluding hydrogens is 266 g/mol. The molecule has 1 aromatic rings. The van der Waals surface area contributed by atoms with E-state index >= 15 is 0 Å². The van der Waals surface area contributed by atoms with Crippen molar-refractivity contribution in [1.29, 1.82) is 0 Å². The Hall–Kier alpha value is -1.26. The Morgan fingerprint density at radius 3 is 2.71 bits per heavy atom. The third-order valence-electron chi connectivity index (χ3n) is 4.13. The van der Waals surface area contributed by atoms with E-state index in [4.69, 9.17) is 14.2 Å². The zero-order chi connectivity index (χ0) is 15.1. The van der Waals surface area contributed by atoms with Gasteiger partial charge in [-0.1, -0.05) is 19.1 Å². The molecule has 4 nitrogen and oxygen atoms in total. The van der Waals surface area contributed by atoms with E-state index in [0.717, 1.165) is 56.2 Å². The number of rotatable bonds is 7. The van der Waals surface area contributed by atoms with Gasteiger partial charge in [0.05, 0.1) is 13.7 Å². The van der Waals surface area contributed by atoms with E-state index in [1.54, 1.807) is 7.11 Å². The highest BCUT2D eigenvalue weighted by Gasteiger charge is 2.26. The van der Waals surface area contributed by atoms with E-state index in [9.17, 15) is 0 Å². The second-order valence-corrected chi connectivity index (χ2v) is 5.91. The van der Waals surface area contributed by atoms with E-state index in [-0.39, 0.29) is 0 Å². The van der Waals surface area contributed by atoms with Crippen molar-refractivity contribution in [1.82, 2.24) is 5.32 Å². The van der Waals surface area contributed by atoms with Crippen LogP contribution in [0.1, 0.15) is 32.3 Å². The lowest BCUT2D eigenvalue weighted by atomic mass is 9.82. The van der Waals surface area contributed by atoms with Gasteiger partial charge in [-0.15, -0.1) is 0 Å². The monoisotopic (exact) mass is 293 g/mol. The number of benzene rings is 1. The zero-order valence-electron chi connectivity index (χ0n) is 13.4. The standard InChI is InChI=1S/C17H27NO3/c1-4-21-15-7-5-6-14(16(15)19-3)12-18-13-17(2)8-10-20-11-9-17/h5-7,18H,4,8-13H2,1-3H3. The Morgan fingerprint density at radius 2 is 2.05 bits per heavy atom. The van der Waals surface area contributed by atoms with Gasteiger partial charge in [-0.3, -0.25) is 0 Å². The van der Waals surface area contributed by atoms with Crippen LogP contribution in [-0.2, 0) is 11.3 Å². The van der Waals surface area contributed by atoms with Gasteiger partial charge in [0.25, 0.3) is 0 Å². The molecule has 1 aliphatic heterocycles. The quantitative estimate of drug-likeness (QED) is 0.839. The van der Waals surface area contributed by atoms with Crippen molar-refractivity contribution in [2.75, 3.05) is 33.5 Å². The largest absolute Gasteiger partial charge is 0.493 e. The smallest absolute Gasteiger partial charge is 0.165 e. The van der Waals surface area contributed by atoms with Crippen LogP contribution >= 0.6 is 0 Å².